The Morgan fingerprint density at radius 3 is 3.05 bits per heavy atom. The zero-order chi connectivity index (χ0) is 13.4. The van der Waals surface area contributed by atoms with Gasteiger partial charge in [-0.3, -0.25) is 4.79 Å². The minimum Gasteiger partial charge on any atom is -0.324 e. The van der Waals surface area contributed by atoms with E-state index in [-0.39, 0.29) is 11.9 Å². The molecule has 2 aromatic rings. The third-order valence-corrected chi connectivity index (χ3v) is 3.74. The van der Waals surface area contributed by atoms with Crippen LogP contribution in [0.2, 0.25) is 0 Å². The molecule has 1 aromatic carbocycles. The summed E-state index contributed by atoms with van der Waals surface area (Å²) in [5.74, 6) is -0.0126. The van der Waals surface area contributed by atoms with Gasteiger partial charge in [-0.1, -0.05) is 6.92 Å². The molecule has 0 spiro atoms. The van der Waals surface area contributed by atoms with Gasteiger partial charge in [-0.2, -0.15) is 5.10 Å². The number of hydrogen-bond acceptors (Lipinski definition) is 3. The topological polar surface area (TPSA) is 59.0 Å². The second-order valence-corrected chi connectivity index (χ2v) is 5.18. The molecule has 6 heteroatoms. The third-order valence-electron chi connectivity index (χ3n) is 3.11. The monoisotopic (exact) mass is 320 g/mol. The quantitative estimate of drug-likeness (QED) is 0.911. The molecule has 1 unspecified atom stereocenters. The van der Waals surface area contributed by atoms with Crippen LogP contribution in [0.4, 0.5) is 5.69 Å². The number of benzene rings is 1. The SMILES string of the molecule is CCNC1C(=O)Nc2cc(-n3cccn3)c(Br)cc21. The third kappa shape index (κ3) is 2.06. The van der Waals surface area contributed by atoms with E-state index in [0.717, 1.165) is 28.0 Å². The van der Waals surface area contributed by atoms with Gasteiger partial charge in [0.15, 0.2) is 0 Å². The van der Waals surface area contributed by atoms with E-state index in [4.69, 9.17) is 0 Å². The predicted molar refractivity (Wildman–Crippen MR) is 76.3 cm³/mol. The number of amides is 1. The van der Waals surface area contributed by atoms with Gasteiger partial charge in [0.2, 0.25) is 5.91 Å². The number of nitrogens with one attached hydrogen (secondary N) is 2. The first kappa shape index (κ1) is 12.4. The molecule has 0 saturated carbocycles. The molecule has 2 N–H and O–H groups in total. The fraction of sp³-hybridized carbons (Fsp3) is 0.231. The Hall–Kier alpha value is -1.66. The van der Waals surface area contributed by atoms with Gasteiger partial charge in [-0.25, -0.2) is 4.68 Å². The Morgan fingerprint density at radius 2 is 2.37 bits per heavy atom. The van der Waals surface area contributed by atoms with Gasteiger partial charge < -0.3 is 10.6 Å². The predicted octanol–water partition coefficient (Wildman–Crippen LogP) is 2.24. The molecule has 0 aliphatic carbocycles. The minimum absolute atomic E-state index is 0.0126. The second-order valence-electron chi connectivity index (χ2n) is 4.32. The van der Waals surface area contributed by atoms with Crippen molar-refractivity contribution in [3.63, 3.8) is 0 Å². The van der Waals surface area contributed by atoms with Crippen molar-refractivity contribution >= 4 is 27.5 Å². The van der Waals surface area contributed by atoms with Gasteiger partial charge in [-0.05, 0) is 40.7 Å². The summed E-state index contributed by atoms with van der Waals surface area (Å²) < 4.78 is 2.67. The first-order valence-corrected chi connectivity index (χ1v) is 6.87. The first-order chi connectivity index (χ1) is 9.20. The molecular formula is C13H13BrN4O. The van der Waals surface area contributed by atoms with Crippen molar-refractivity contribution in [2.24, 2.45) is 0 Å². The Morgan fingerprint density at radius 1 is 1.53 bits per heavy atom. The summed E-state index contributed by atoms with van der Waals surface area (Å²) in [6.07, 6.45) is 3.59. The van der Waals surface area contributed by atoms with Gasteiger partial charge in [0.25, 0.3) is 0 Å². The molecule has 2 heterocycles. The van der Waals surface area contributed by atoms with E-state index in [9.17, 15) is 4.79 Å². The van der Waals surface area contributed by atoms with E-state index in [1.54, 1.807) is 10.9 Å². The van der Waals surface area contributed by atoms with Crippen LogP contribution in [0.25, 0.3) is 5.69 Å². The molecule has 0 bridgehead atoms. The van der Waals surface area contributed by atoms with Crippen LogP contribution in [0.5, 0.6) is 0 Å². The average molecular weight is 321 g/mol. The van der Waals surface area contributed by atoms with Crippen molar-refractivity contribution in [1.29, 1.82) is 0 Å². The van der Waals surface area contributed by atoms with Crippen LogP contribution in [0.1, 0.15) is 18.5 Å². The van der Waals surface area contributed by atoms with E-state index in [0.29, 0.717) is 0 Å². The van der Waals surface area contributed by atoms with E-state index < -0.39 is 0 Å². The van der Waals surface area contributed by atoms with Crippen LogP contribution >= 0.6 is 15.9 Å². The van der Waals surface area contributed by atoms with Crippen LogP contribution in [-0.4, -0.2) is 22.2 Å². The molecule has 1 amide bonds. The zero-order valence-corrected chi connectivity index (χ0v) is 11.9. The van der Waals surface area contributed by atoms with Gasteiger partial charge >= 0.3 is 0 Å². The highest BCUT2D eigenvalue weighted by Gasteiger charge is 2.30. The van der Waals surface area contributed by atoms with Crippen molar-refractivity contribution < 1.29 is 4.79 Å². The molecule has 0 fully saturated rings. The summed E-state index contributed by atoms with van der Waals surface area (Å²) in [6.45, 7) is 2.73. The summed E-state index contributed by atoms with van der Waals surface area (Å²) >= 11 is 3.54. The Kier molecular flexibility index (Phi) is 3.12. The number of fused-ring (bicyclic) bond motifs is 1. The lowest BCUT2D eigenvalue weighted by Crippen LogP contribution is -2.27. The summed E-state index contributed by atoms with van der Waals surface area (Å²) in [4.78, 5) is 11.9. The molecule has 1 aromatic heterocycles. The number of rotatable bonds is 3. The van der Waals surface area contributed by atoms with Crippen LogP contribution in [0.3, 0.4) is 0 Å². The molecule has 1 aliphatic heterocycles. The van der Waals surface area contributed by atoms with Crippen molar-refractivity contribution in [1.82, 2.24) is 15.1 Å². The standard InChI is InChI=1S/C13H13BrN4O/c1-2-15-12-8-6-9(14)11(18-5-3-4-16-18)7-10(8)17-13(12)19/h3-7,12,15H,2H2,1H3,(H,17,19). The van der Waals surface area contributed by atoms with Gasteiger partial charge in [0, 0.05) is 28.1 Å². The Bertz CT molecular complexity index is 624. The number of likely N-dealkylation sites (N-methyl/N-ethyl adjacent to an activating group) is 1. The normalized spacial score (nSPS) is 17.4. The summed E-state index contributed by atoms with van der Waals surface area (Å²) in [7, 11) is 0. The van der Waals surface area contributed by atoms with E-state index in [1.165, 1.54) is 0 Å². The van der Waals surface area contributed by atoms with Gasteiger partial charge in [0.1, 0.15) is 6.04 Å². The molecule has 1 atom stereocenters. The largest absolute Gasteiger partial charge is 0.324 e. The molecule has 0 radical (unpaired) electrons. The maximum Gasteiger partial charge on any atom is 0.246 e. The Labute approximate surface area is 119 Å². The van der Waals surface area contributed by atoms with Crippen LogP contribution in [0.15, 0.2) is 35.1 Å². The fourth-order valence-corrected chi connectivity index (χ4v) is 2.81. The number of nitrogens with zero attached hydrogens (tertiary/aromatic N) is 2. The summed E-state index contributed by atoms with van der Waals surface area (Å²) in [5, 5.41) is 10.3. The number of halogens is 1. The number of carbonyl (C=O) groups is 1. The van der Waals surface area contributed by atoms with Gasteiger partial charge in [0.05, 0.1) is 5.69 Å². The van der Waals surface area contributed by atoms with Crippen molar-refractivity contribution in [2.45, 2.75) is 13.0 Å². The lowest BCUT2D eigenvalue weighted by Gasteiger charge is -2.11. The average Bonchev–Trinajstić information content (AvgIpc) is 2.99. The molecule has 98 valence electrons. The molecule has 3 rings (SSSR count). The number of aromatic nitrogens is 2. The van der Waals surface area contributed by atoms with Gasteiger partial charge in [-0.15, -0.1) is 0 Å². The smallest absolute Gasteiger partial charge is 0.246 e. The highest BCUT2D eigenvalue weighted by atomic mass is 79.9. The van der Waals surface area contributed by atoms with Crippen LogP contribution < -0.4 is 10.6 Å². The molecule has 0 saturated heterocycles. The highest BCUT2D eigenvalue weighted by molar-refractivity contribution is 9.10. The first-order valence-electron chi connectivity index (χ1n) is 6.08. The molecular weight excluding hydrogens is 308 g/mol. The highest BCUT2D eigenvalue weighted by Crippen LogP contribution is 2.36. The van der Waals surface area contributed by atoms with Crippen LogP contribution in [-0.2, 0) is 4.79 Å². The maximum absolute atomic E-state index is 11.9. The second kappa shape index (κ2) is 4.79. The van der Waals surface area contributed by atoms with Crippen molar-refractivity contribution in [2.75, 3.05) is 11.9 Å². The van der Waals surface area contributed by atoms with Crippen LogP contribution in [0, 0.1) is 0 Å². The summed E-state index contributed by atoms with van der Waals surface area (Å²) in [6, 6.07) is 5.49. The number of carbonyl (C=O) groups excluding carboxylic acids is 1. The van der Waals surface area contributed by atoms with Crippen molar-refractivity contribution in [3.05, 3.63) is 40.6 Å². The van der Waals surface area contributed by atoms with E-state index >= 15 is 0 Å². The number of hydrogen-bond donors (Lipinski definition) is 2. The lowest BCUT2D eigenvalue weighted by molar-refractivity contribution is -0.117. The van der Waals surface area contributed by atoms with Crippen molar-refractivity contribution in [3.8, 4) is 5.69 Å². The number of anilines is 1. The zero-order valence-electron chi connectivity index (χ0n) is 10.4. The molecule has 1 aliphatic rings. The molecule has 5 nitrogen and oxygen atoms in total. The lowest BCUT2D eigenvalue weighted by atomic mass is 10.1. The van der Waals surface area contributed by atoms with E-state index in [1.807, 2.05) is 31.3 Å². The maximum atomic E-state index is 11.9. The molecule has 19 heavy (non-hydrogen) atoms. The minimum atomic E-state index is -0.275. The Balaban J connectivity index is 2.07. The fourth-order valence-electron chi connectivity index (χ4n) is 2.26. The van der Waals surface area contributed by atoms with E-state index in [2.05, 4.69) is 31.7 Å². The summed E-state index contributed by atoms with van der Waals surface area (Å²) in [5.41, 5.74) is 2.71.